The number of halogens is 1. The molecule has 2 aromatic rings. The number of nitriles is 1. The summed E-state index contributed by atoms with van der Waals surface area (Å²) < 4.78 is 0. The van der Waals surface area contributed by atoms with Gasteiger partial charge in [-0.05, 0) is 12.1 Å². The Kier molecular flexibility index (Phi) is 3.82. The fourth-order valence-corrected chi connectivity index (χ4v) is 2.11. The standard InChI is InChI=1S/C13H6ClN3O4/c14-13-8(7-15)2-1-3-11(13)10-5-4-9(16(18)19)6-12(10)17(20)21/h1-6H. The first kappa shape index (κ1) is 14.4. The van der Waals surface area contributed by atoms with Crippen molar-refractivity contribution < 1.29 is 9.85 Å². The molecule has 0 aliphatic carbocycles. The third-order valence-corrected chi connectivity index (χ3v) is 3.21. The van der Waals surface area contributed by atoms with E-state index in [1.165, 1.54) is 24.3 Å². The molecule has 0 aromatic heterocycles. The van der Waals surface area contributed by atoms with Crippen LogP contribution in [0.25, 0.3) is 11.1 Å². The zero-order chi connectivity index (χ0) is 15.6. The van der Waals surface area contributed by atoms with Gasteiger partial charge in [0.2, 0.25) is 0 Å². The molecule has 8 heteroatoms. The molecule has 0 saturated carbocycles. The number of hydrogen-bond donors (Lipinski definition) is 0. The van der Waals surface area contributed by atoms with Gasteiger partial charge in [0.25, 0.3) is 11.4 Å². The minimum atomic E-state index is -0.724. The van der Waals surface area contributed by atoms with Crippen molar-refractivity contribution in [3.63, 3.8) is 0 Å². The van der Waals surface area contributed by atoms with Crippen LogP contribution in [0.15, 0.2) is 36.4 Å². The molecular formula is C13H6ClN3O4. The molecule has 0 N–H and O–H groups in total. The minimum Gasteiger partial charge on any atom is -0.258 e. The Morgan fingerprint density at radius 2 is 1.76 bits per heavy atom. The summed E-state index contributed by atoms with van der Waals surface area (Å²) in [7, 11) is 0. The van der Waals surface area contributed by atoms with Crippen LogP contribution in [0, 0.1) is 31.6 Å². The quantitative estimate of drug-likeness (QED) is 0.634. The maximum Gasteiger partial charge on any atom is 0.284 e. The second-order valence-electron chi connectivity index (χ2n) is 3.99. The van der Waals surface area contributed by atoms with Crippen molar-refractivity contribution in [1.29, 1.82) is 5.26 Å². The van der Waals surface area contributed by atoms with Gasteiger partial charge in [-0.3, -0.25) is 20.2 Å². The molecule has 0 bridgehead atoms. The number of rotatable bonds is 3. The van der Waals surface area contributed by atoms with Crippen LogP contribution >= 0.6 is 11.6 Å². The smallest absolute Gasteiger partial charge is 0.258 e. The molecular weight excluding hydrogens is 298 g/mol. The average Bonchev–Trinajstić information content (AvgIpc) is 2.46. The van der Waals surface area contributed by atoms with Crippen molar-refractivity contribution in [1.82, 2.24) is 0 Å². The van der Waals surface area contributed by atoms with Crippen LogP contribution in [-0.2, 0) is 0 Å². The lowest BCUT2D eigenvalue weighted by molar-refractivity contribution is -0.393. The van der Waals surface area contributed by atoms with E-state index in [9.17, 15) is 20.2 Å². The van der Waals surface area contributed by atoms with Crippen LogP contribution in [0.2, 0.25) is 5.02 Å². The van der Waals surface area contributed by atoms with E-state index < -0.39 is 21.2 Å². The molecule has 0 spiro atoms. The lowest BCUT2D eigenvalue weighted by Gasteiger charge is -2.06. The molecule has 0 amide bonds. The highest BCUT2D eigenvalue weighted by atomic mass is 35.5. The van der Waals surface area contributed by atoms with Crippen molar-refractivity contribution in [2.75, 3.05) is 0 Å². The molecule has 0 heterocycles. The van der Waals surface area contributed by atoms with Gasteiger partial charge in [-0.1, -0.05) is 23.7 Å². The van der Waals surface area contributed by atoms with Gasteiger partial charge < -0.3 is 0 Å². The second kappa shape index (κ2) is 5.56. The Morgan fingerprint density at radius 3 is 2.33 bits per heavy atom. The lowest BCUT2D eigenvalue weighted by atomic mass is 10.0. The number of nitrogens with zero attached hydrogens (tertiary/aromatic N) is 3. The highest BCUT2D eigenvalue weighted by Gasteiger charge is 2.22. The first-order valence-corrected chi connectivity index (χ1v) is 5.95. The van der Waals surface area contributed by atoms with Gasteiger partial charge in [-0.25, -0.2) is 0 Å². The summed E-state index contributed by atoms with van der Waals surface area (Å²) in [5, 5.41) is 30.8. The van der Waals surface area contributed by atoms with Crippen molar-refractivity contribution in [2.24, 2.45) is 0 Å². The van der Waals surface area contributed by atoms with E-state index in [0.717, 1.165) is 12.1 Å². The highest BCUT2D eigenvalue weighted by molar-refractivity contribution is 6.34. The Bertz CT molecular complexity index is 798. The maximum absolute atomic E-state index is 11.1. The topological polar surface area (TPSA) is 110 Å². The largest absolute Gasteiger partial charge is 0.284 e. The molecule has 21 heavy (non-hydrogen) atoms. The molecule has 0 saturated heterocycles. The zero-order valence-corrected chi connectivity index (χ0v) is 11.1. The molecule has 0 radical (unpaired) electrons. The third kappa shape index (κ3) is 2.66. The van der Waals surface area contributed by atoms with Crippen LogP contribution in [0.3, 0.4) is 0 Å². The predicted octanol–water partition coefficient (Wildman–Crippen LogP) is 3.70. The van der Waals surface area contributed by atoms with Crippen LogP contribution in [0.1, 0.15) is 5.56 Å². The van der Waals surface area contributed by atoms with Crippen molar-refractivity contribution in [2.45, 2.75) is 0 Å². The molecule has 0 unspecified atom stereocenters. The SMILES string of the molecule is N#Cc1cccc(-c2ccc([N+](=O)[O-])cc2[N+](=O)[O-])c1Cl. The highest BCUT2D eigenvalue weighted by Crippen LogP contribution is 2.37. The summed E-state index contributed by atoms with van der Waals surface area (Å²) in [6.45, 7) is 0. The first-order valence-electron chi connectivity index (χ1n) is 5.57. The van der Waals surface area contributed by atoms with E-state index in [0.29, 0.717) is 0 Å². The van der Waals surface area contributed by atoms with Gasteiger partial charge in [-0.2, -0.15) is 5.26 Å². The molecule has 0 aliphatic rings. The van der Waals surface area contributed by atoms with Crippen LogP contribution in [0.5, 0.6) is 0 Å². The van der Waals surface area contributed by atoms with Gasteiger partial charge in [0.1, 0.15) is 6.07 Å². The van der Waals surface area contributed by atoms with Crippen LogP contribution in [-0.4, -0.2) is 9.85 Å². The molecule has 0 fully saturated rings. The number of nitro benzene ring substituents is 2. The van der Waals surface area contributed by atoms with Gasteiger partial charge in [0, 0.05) is 11.6 Å². The van der Waals surface area contributed by atoms with Crippen molar-refractivity contribution in [3.05, 3.63) is 67.2 Å². The minimum absolute atomic E-state index is 0.0666. The van der Waals surface area contributed by atoms with E-state index in [1.807, 2.05) is 6.07 Å². The van der Waals surface area contributed by atoms with Crippen molar-refractivity contribution >= 4 is 23.0 Å². The van der Waals surface area contributed by atoms with E-state index in [2.05, 4.69) is 0 Å². The summed E-state index contributed by atoms with van der Waals surface area (Å²) >= 11 is 6.04. The van der Waals surface area contributed by atoms with E-state index in [-0.39, 0.29) is 21.7 Å². The Morgan fingerprint density at radius 1 is 1.05 bits per heavy atom. The lowest BCUT2D eigenvalue weighted by Crippen LogP contribution is -1.96. The zero-order valence-electron chi connectivity index (χ0n) is 10.3. The Hall–Kier alpha value is -2.98. The average molecular weight is 304 g/mol. The second-order valence-corrected chi connectivity index (χ2v) is 4.37. The maximum atomic E-state index is 11.1. The number of non-ortho nitro benzene ring substituents is 1. The van der Waals surface area contributed by atoms with Gasteiger partial charge in [0.05, 0.1) is 32.1 Å². The first-order chi connectivity index (χ1) is 9.95. The van der Waals surface area contributed by atoms with Crippen molar-refractivity contribution in [3.8, 4) is 17.2 Å². The Labute approximate surface area is 123 Å². The number of benzene rings is 2. The molecule has 7 nitrogen and oxygen atoms in total. The summed E-state index contributed by atoms with van der Waals surface area (Å²) in [6.07, 6.45) is 0. The normalized spacial score (nSPS) is 9.90. The third-order valence-electron chi connectivity index (χ3n) is 2.80. The summed E-state index contributed by atoms with van der Waals surface area (Å²) in [6, 6.07) is 9.66. The van der Waals surface area contributed by atoms with Gasteiger partial charge in [-0.15, -0.1) is 0 Å². The molecule has 0 atom stereocenters. The summed E-state index contributed by atoms with van der Waals surface area (Å²) in [4.78, 5) is 20.4. The van der Waals surface area contributed by atoms with E-state index in [4.69, 9.17) is 16.9 Å². The summed E-state index contributed by atoms with van der Waals surface area (Å²) in [5.74, 6) is 0. The Balaban J connectivity index is 2.73. The van der Waals surface area contributed by atoms with Crippen LogP contribution in [0.4, 0.5) is 11.4 Å². The monoisotopic (exact) mass is 303 g/mol. The fourth-order valence-electron chi connectivity index (χ4n) is 1.84. The molecule has 104 valence electrons. The molecule has 2 rings (SSSR count). The van der Waals surface area contributed by atoms with E-state index in [1.54, 1.807) is 0 Å². The molecule has 0 aliphatic heterocycles. The van der Waals surface area contributed by atoms with Gasteiger partial charge >= 0.3 is 0 Å². The van der Waals surface area contributed by atoms with E-state index >= 15 is 0 Å². The van der Waals surface area contributed by atoms with Gasteiger partial charge in [0.15, 0.2) is 0 Å². The number of nitro groups is 2. The van der Waals surface area contributed by atoms with Crippen LogP contribution < -0.4 is 0 Å². The predicted molar refractivity (Wildman–Crippen MR) is 74.9 cm³/mol. The molecule has 2 aromatic carbocycles. The fraction of sp³-hybridized carbons (Fsp3) is 0. The number of hydrogen-bond acceptors (Lipinski definition) is 5. The summed E-state index contributed by atoms with van der Waals surface area (Å²) in [5.41, 5.74) is -0.272.